The Labute approximate surface area is 97.3 Å². The molecule has 0 spiro atoms. The van der Waals surface area contributed by atoms with Crippen LogP contribution >= 0.6 is 0 Å². The van der Waals surface area contributed by atoms with Crippen LogP contribution in [-0.4, -0.2) is 14.1 Å². The Morgan fingerprint density at radius 3 is 2.25 bits per heavy atom. The van der Waals surface area contributed by atoms with Crippen LogP contribution in [0.5, 0.6) is 0 Å². The summed E-state index contributed by atoms with van der Waals surface area (Å²) in [6.45, 7) is 3.99. The van der Waals surface area contributed by atoms with Gasteiger partial charge in [0.1, 0.15) is 0 Å². The molecule has 0 heterocycles. The van der Waals surface area contributed by atoms with Gasteiger partial charge >= 0.3 is 0 Å². The van der Waals surface area contributed by atoms with Crippen molar-refractivity contribution in [3.63, 3.8) is 0 Å². The number of hydrogen-bond donors (Lipinski definition) is 0. The van der Waals surface area contributed by atoms with Crippen LogP contribution in [0.15, 0.2) is 48.5 Å². The highest BCUT2D eigenvalue weighted by Gasteiger charge is 2.06. The van der Waals surface area contributed by atoms with E-state index < -0.39 is 0 Å². The first-order valence-corrected chi connectivity index (χ1v) is 5.37. The molecule has 0 bridgehead atoms. The maximum absolute atomic E-state index is 3.99. The zero-order chi connectivity index (χ0) is 11.5. The van der Waals surface area contributed by atoms with E-state index in [4.69, 9.17) is 0 Å². The summed E-state index contributed by atoms with van der Waals surface area (Å²) in [4.78, 5) is 2.13. The molecule has 1 nitrogen and oxygen atoms in total. The summed E-state index contributed by atoms with van der Waals surface area (Å²) in [6, 6.07) is 16.7. The summed E-state index contributed by atoms with van der Waals surface area (Å²) in [5, 5.41) is 0. The van der Waals surface area contributed by atoms with Crippen LogP contribution in [0.3, 0.4) is 0 Å². The van der Waals surface area contributed by atoms with E-state index in [-0.39, 0.29) is 0 Å². The summed E-state index contributed by atoms with van der Waals surface area (Å²) < 4.78 is 0. The zero-order valence-corrected chi connectivity index (χ0v) is 9.77. The van der Waals surface area contributed by atoms with Crippen LogP contribution in [0.2, 0.25) is 0 Å². The van der Waals surface area contributed by atoms with E-state index in [1.807, 2.05) is 12.1 Å². The Bertz CT molecular complexity index is 472. The first-order chi connectivity index (χ1) is 7.68. The van der Waals surface area contributed by atoms with E-state index in [9.17, 15) is 0 Å². The molecule has 0 saturated carbocycles. The molecule has 2 aromatic carbocycles. The number of hydrogen-bond acceptors (Lipinski definition) is 1. The Morgan fingerprint density at radius 1 is 0.938 bits per heavy atom. The van der Waals surface area contributed by atoms with Crippen LogP contribution in [-0.2, 0) is 0 Å². The predicted molar refractivity (Wildman–Crippen MR) is 70.7 cm³/mol. The second kappa shape index (κ2) is 4.40. The maximum Gasteiger partial charge on any atom is 0.0440 e. The molecule has 1 heteroatoms. The fourth-order valence-electron chi connectivity index (χ4n) is 1.82. The van der Waals surface area contributed by atoms with Gasteiger partial charge in [-0.3, -0.25) is 0 Å². The van der Waals surface area contributed by atoms with Crippen molar-refractivity contribution in [3.8, 4) is 11.1 Å². The molecule has 0 unspecified atom stereocenters. The van der Waals surface area contributed by atoms with E-state index in [1.165, 1.54) is 16.8 Å². The Kier molecular flexibility index (Phi) is 2.95. The zero-order valence-electron chi connectivity index (χ0n) is 9.77. The molecule has 0 atom stereocenters. The van der Waals surface area contributed by atoms with Gasteiger partial charge in [0, 0.05) is 25.3 Å². The summed E-state index contributed by atoms with van der Waals surface area (Å²) >= 11 is 0. The van der Waals surface area contributed by atoms with Gasteiger partial charge in [0.15, 0.2) is 0 Å². The first-order valence-electron chi connectivity index (χ1n) is 5.37. The smallest absolute Gasteiger partial charge is 0.0440 e. The van der Waals surface area contributed by atoms with Gasteiger partial charge in [-0.05, 0) is 30.2 Å². The number of rotatable bonds is 2. The molecule has 0 aliphatic carbocycles. The van der Waals surface area contributed by atoms with Crippen LogP contribution in [0.1, 0.15) is 5.56 Å². The minimum absolute atomic E-state index is 1.05. The molecule has 0 fully saturated rings. The van der Waals surface area contributed by atoms with Gasteiger partial charge in [0.2, 0.25) is 0 Å². The number of nitrogens with zero attached hydrogens (tertiary/aromatic N) is 1. The quantitative estimate of drug-likeness (QED) is 0.732. The highest BCUT2D eigenvalue weighted by Crippen LogP contribution is 2.30. The molecule has 0 amide bonds. The Hall–Kier alpha value is -1.76. The molecule has 0 aliphatic heterocycles. The molecular weight excluding hydrogens is 194 g/mol. The lowest BCUT2D eigenvalue weighted by Crippen LogP contribution is -2.09. The molecule has 2 aromatic rings. The summed E-state index contributed by atoms with van der Waals surface area (Å²) in [5.41, 5.74) is 4.73. The lowest BCUT2D eigenvalue weighted by molar-refractivity contribution is 1.13. The first kappa shape index (κ1) is 10.7. The van der Waals surface area contributed by atoms with E-state index in [2.05, 4.69) is 62.3 Å². The standard InChI is InChI=1S/C15H16N/c1-12-9-10-15(16(2)3)14(11-12)13-7-5-4-6-8-13/h4-11H,1H2,2-3H3. The average molecular weight is 210 g/mol. The normalized spacial score (nSPS) is 10.2. The van der Waals surface area contributed by atoms with Crippen molar-refractivity contribution in [2.45, 2.75) is 0 Å². The van der Waals surface area contributed by atoms with E-state index >= 15 is 0 Å². The molecule has 81 valence electrons. The highest BCUT2D eigenvalue weighted by molar-refractivity contribution is 5.79. The van der Waals surface area contributed by atoms with Crippen LogP contribution in [0.25, 0.3) is 11.1 Å². The second-order valence-corrected chi connectivity index (χ2v) is 4.11. The van der Waals surface area contributed by atoms with Crippen LogP contribution in [0.4, 0.5) is 5.69 Å². The Balaban J connectivity index is 2.58. The van der Waals surface area contributed by atoms with Gasteiger partial charge in [0.05, 0.1) is 0 Å². The number of anilines is 1. The fourth-order valence-corrected chi connectivity index (χ4v) is 1.82. The third-order valence-electron chi connectivity index (χ3n) is 2.63. The molecule has 0 saturated heterocycles. The molecule has 0 aromatic heterocycles. The van der Waals surface area contributed by atoms with Crippen molar-refractivity contribution in [2.75, 3.05) is 19.0 Å². The molecule has 2 rings (SSSR count). The van der Waals surface area contributed by atoms with Crippen molar-refractivity contribution < 1.29 is 0 Å². The van der Waals surface area contributed by atoms with Gasteiger partial charge in [-0.15, -0.1) is 0 Å². The molecular formula is C15H16N. The molecule has 0 aliphatic rings. The van der Waals surface area contributed by atoms with Crippen LogP contribution < -0.4 is 4.90 Å². The minimum Gasteiger partial charge on any atom is -0.377 e. The lowest BCUT2D eigenvalue weighted by atomic mass is 10.0. The van der Waals surface area contributed by atoms with Gasteiger partial charge in [-0.2, -0.15) is 0 Å². The lowest BCUT2D eigenvalue weighted by Gasteiger charge is -2.18. The monoisotopic (exact) mass is 210 g/mol. The molecule has 1 radical (unpaired) electrons. The average Bonchev–Trinajstić information content (AvgIpc) is 2.29. The Morgan fingerprint density at radius 2 is 1.62 bits per heavy atom. The predicted octanol–water partition coefficient (Wildman–Crippen LogP) is 3.60. The molecule has 16 heavy (non-hydrogen) atoms. The molecule has 0 N–H and O–H groups in total. The van der Waals surface area contributed by atoms with Gasteiger partial charge < -0.3 is 4.90 Å². The van der Waals surface area contributed by atoms with Crippen molar-refractivity contribution in [1.82, 2.24) is 0 Å². The maximum atomic E-state index is 3.99. The van der Waals surface area contributed by atoms with Crippen molar-refractivity contribution in [2.24, 2.45) is 0 Å². The third kappa shape index (κ3) is 2.08. The topological polar surface area (TPSA) is 3.24 Å². The summed E-state index contributed by atoms with van der Waals surface area (Å²) in [6.07, 6.45) is 0. The van der Waals surface area contributed by atoms with Crippen LogP contribution in [0, 0.1) is 6.92 Å². The van der Waals surface area contributed by atoms with Crippen molar-refractivity contribution in [3.05, 3.63) is 61.0 Å². The second-order valence-electron chi connectivity index (χ2n) is 4.11. The van der Waals surface area contributed by atoms with Gasteiger partial charge in [-0.25, -0.2) is 0 Å². The largest absolute Gasteiger partial charge is 0.377 e. The minimum atomic E-state index is 1.05. The van der Waals surface area contributed by atoms with Gasteiger partial charge in [0.25, 0.3) is 0 Å². The van der Waals surface area contributed by atoms with Crippen molar-refractivity contribution >= 4 is 5.69 Å². The summed E-state index contributed by atoms with van der Waals surface area (Å²) in [7, 11) is 4.12. The SMILES string of the molecule is [CH2]c1ccc(N(C)C)c(-c2ccccc2)c1. The van der Waals surface area contributed by atoms with E-state index in [1.54, 1.807) is 0 Å². The van der Waals surface area contributed by atoms with E-state index in [0.29, 0.717) is 0 Å². The summed E-state index contributed by atoms with van der Waals surface area (Å²) in [5.74, 6) is 0. The number of benzene rings is 2. The van der Waals surface area contributed by atoms with Crippen molar-refractivity contribution in [1.29, 1.82) is 0 Å². The third-order valence-corrected chi connectivity index (χ3v) is 2.63. The highest BCUT2D eigenvalue weighted by atomic mass is 15.1. The van der Waals surface area contributed by atoms with Gasteiger partial charge in [-0.1, -0.05) is 36.4 Å². The fraction of sp³-hybridized carbons (Fsp3) is 0.133. The van der Waals surface area contributed by atoms with E-state index in [0.717, 1.165) is 5.56 Å².